The molecule has 2 heterocycles. The van der Waals surface area contributed by atoms with Gasteiger partial charge in [-0.25, -0.2) is 4.98 Å². The first-order chi connectivity index (χ1) is 12.0. The van der Waals surface area contributed by atoms with E-state index in [1.54, 1.807) is 18.3 Å². The second-order valence-electron chi connectivity index (χ2n) is 5.50. The summed E-state index contributed by atoms with van der Waals surface area (Å²) in [6, 6.07) is 11.9. The molecule has 0 fully saturated rings. The largest absolute Gasteiger partial charge is 0.368 e. The number of benzene rings is 1. The van der Waals surface area contributed by atoms with Crippen molar-refractivity contribution in [1.82, 2.24) is 15.3 Å². The molecule has 0 radical (unpaired) electrons. The Hall–Kier alpha value is -2.80. The van der Waals surface area contributed by atoms with Gasteiger partial charge in [0.2, 0.25) is 5.91 Å². The minimum absolute atomic E-state index is 0.247. The van der Waals surface area contributed by atoms with Crippen molar-refractivity contribution in [1.29, 1.82) is 0 Å². The highest BCUT2D eigenvalue weighted by Crippen LogP contribution is 2.16. The first kappa shape index (κ1) is 17.0. The van der Waals surface area contributed by atoms with Gasteiger partial charge in [-0.05, 0) is 39.7 Å². The number of nitrogens with two attached hydrogens (primary N) is 1. The van der Waals surface area contributed by atoms with Crippen LogP contribution < -0.4 is 11.1 Å². The Labute approximate surface area is 152 Å². The summed E-state index contributed by atoms with van der Waals surface area (Å²) in [5.74, 6) is -1.01. The van der Waals surface area contributed by atoms with Crippen molar-refractivity contribution < 1.29 is 9.59 Å². The lowest BCUT2D eigenvalue weighted by molar-refractivity contribution is -0.119. The molecule has 25 heavy (non-hydrogen) atoms. The SMILES string of the molecule is NC(=O)[C@H](Cc1cccnc1Br)NC(=O)c1cnc2ccccc2c1. The van der Waals surface area contributed by atoms with E-state index in [-0.39, 0.29) is 6.42 Å². The second kappa shape index (κ2) is 7.40. The quantitative estimate of drug-likeness (QED) is 0.643. The van der Waals surface area contributed by atoms with Gasteiger partial charge in [0, 0.05) is 24.2 Å². The number of aromatic nitrogens is 2. The molecule has 3 N–H and O–H groups in total. The summed E-state index contributed by atoms with van der Waals surface area (Å²) in [5.41, 5.74) is 7.39. The summed E-state index contributed by atoms with van der Waals surface area (Å²) in [6.45, 7) is 0. The Morgan fingerprint density at radius 3 is 2.72 bits per heavy atom. The fourth-order valence-corrected chi connectivity index (χ4v) is 2.86. The summed E-state index contributed by atoms with van der Waals surface area (Å²) in [5, 5.41) is 3.52. The van der Waals surface area contributed by atoms with Crippen molar-refractivity contribution in [2.75, 3.05) is 0 Å². The molecule has 3 rings (SSSR count). The first-order valence-electron chi connectivity index (χ1n) is 7.59. The van der Waals surface area contributed by atoms with E-state index in [9.17, 15) is 9.59 Å². The molecule has 6 nitrogen and oxygen atoms in total. The second-order valence-corrected chi connectivity index (χ2v) is 6.25. The summed E-state index contributed by atoms with van der Waals surface area (Å²) in [6.07, 6.45) is 3.36. The molecule has 1 aromatic carbocycles. The van der Waals surface area contributed by atoms with Crippen LogP contribution in [0, 0.1) is 0 Å². The van der Waals surface area contributed by atoms with Crippen molar-refractivity contribution in [3.63, 3.8) is 0 Å². The molecule has 0 aliphatic carbocycles. The Morgan fingerprint density at radius 1 is 1.16 bits per heavy atom. The van der Waals surface area contributed by atoms with Gasteiger partial charge < -0.3 is 11.1 Å². The number of amides is 2. The summed E-state index contributed by atoms with van der Waals surface area (Å²) in [7, 11) is 0. The molecule has 1 atom stereocenters. The maximum Gasteiger partial charge on any atom is 0.253 e. The number of nitrogens with one attached hydrogen (secondary N) is 1. The average Bonchev–Trinajstić information content (AvgIpc) is 2.62. The van der Waals surface area contributed by atoms with Crippen LogP contribution in [0.25, 0.3) is 10.9 Å². The molecule has 2 amide bonds. The molecule has 126 valence electrons. The number of hydrogen-bond donors (Lipinski definition) is 2. The zero-order valence-corrected chi connectivity index (χ0v) is 14.7. The first-order valence-corrected chi connectivity index (χ1v) is 8.38. The van der Waals surface area contributed by atoms with Crippen LogP contribution in [0.4, 0.5) is 0 Å². The summed E-state index contributed by atoms with van der Waals surface area (Å²) >= 11 is 3.33. The monoisotopic (exact) mass is 398 g/mol. The van der Waals surface area contributed by atoms with Gasteiger partial charge in [-0.1, -0.05) is 24.3 Å². The van der Waals surface area contributed by atoms with Gasteiger partial charge in [-0.15, -0.1) is 0 Å². The van der Waals surface area contributed by atoms with E-state index in [0.29, 0.717) is 10.2 Å². The van der Waals surface area contributed by atoms with Crippen LogP contribution in [-0.2, 0) is 11.2 Å². The zero-order chi connectivity index (χ0) is 17.8. The van der Waals surface area contributed by atoms with Crippen LogP contribution in [0.3, 0.4) is 0 Å². The number of hydrogen-bond acceptors (Lipinski definition) is 4. The van der Waals surface area contributed by atoms with E-state index < -0.39 is 17.9 Å². The van der Waals surface area contributed by atoms with E-state index >= 15 is 0 Å². The van der Waals surface area contributed by atoms with E-state index in [2.05, 4.69) is 31.2 Å². The van der Waals surface area contributed by atoms with E-state index in [1.165, 1.54) is 6.20 Å². The van der Waals surface area contributed by atoms with E-state index in [1.807, 2.05) is 30.3 Å². The lowest BCUT2D eigenvalue weighted by Crippen LogP contribution is -2.46. The van der Waals surface area contributed by atoms with E-state index in [4.69, 9.17) is 5.73 Å². The minimum atomic E-state index is -0.848. The summed E-state index contributed by atoms with van der Waals surface area (Å²) in [4.78, 5) is 32.6. The highest BCUT2D eigenvalue weighted by atomic mass is 79.9. The van der Waals surface area contributed by atoms with Crippen molar-refractivity contribution in [2.45, 2.75) is 12.5 Å². The standard InChI is InChI=1S/C18H15BrN4O2/c19-16-12(5-3-7-21-16)9-15(17(20)24)23-18(25)13-8-11-4-1-2-6-14(11)22-10-13/h1-8,10,15H,9H2,(H2,20,24)(H,23,25)/t15-/m0/s1. The van der Waals surface area contributed by atoms with Gasteiger partial charge in [-0.2, -0.15) is 0 Å². The molecule has 0 spiro atoms. The number of fused-ring (bicyclic) bond motifs is 1. The number of carbonyl (C=O) groups is 2. The van der Waals surface area contributed by atoms with Crippen LogP contribution in [0.2, 0.25) is 0 Å². The lowest BCUT2D eigenvalue weighted by Gasteiger charge is -2.16. The smallest absolute Gasteiger partial charge is 0.253 e. The van der Waals surface area contributed by atoms with Gasteiger partial charge in [0.25, 0.3) is 5.91 Å². The molecular weight excluding hydrogens is 384 g/mol. The third kappa shape index (κ3) is 4.00. The topological polar surface area (TPSA) is 98.0 Å². The van der Waals surface area contributed by atoms with Crippen molar-refractivity contribution >= 4 is 38.6 Å². The fourth-order valence-electron chi connectivity index (χ4n) is 2.45. The molecule has 2 aromatic heterocycles. The predicted molar refractivity (Wildman–Crippen MR) is 97.8 cm³/mol. The predicted octanol–water partition coefficient (Wildman–Crippen LogP) is 2.22. The third-order valence-corrected chi connectivity index (χ3v) is 4.48. The number of para-hydroxylation sites is 1. The normalized spacial score (nSPS) is 11.9. The van der Waals surface area contributed by atoms with Crippen LogP contribution in [0.5, 0.6) is 0 Å². The maximum absolute atomic E-state index is 12.5. The Morgan fingerprint density at radius 2 is 1.96 bits per heavy atom. The molecule has 0 saturated heterocycles. The van der Waals surface area contributed by atoms with Gasteiger partial charge in [0.05, 0.1) is 11.1 Å². The number of primary amides is 1. The fraction of sp³-hybridized carbons (Fsp3) is 0.111. The molecule has 0 aliphatic heterocycles. The maximum atomic E-state index is 12.5. The average molecular weight is 399 g/mol. The Kier molecular flexibility index (Phi) is 5.04. The number of carbonyl (C=O) groups excluding carboxylic acids is 2. The third-order valence-electron chi connectivity index (χ3n) is 3.76. The number of pyridine rings is 2. The molecule has 3 aromatic rings. The number of halogens is 1. The highest BCUT2D eigenvalue weighted by Gasteiger charge is 2.21. The van der Waals surface area contributed by atoms with Crippen LogP contribution in [0.1, 0.15) is 15.9 Å². The van der Waals surface area contributed by atoms with Crippen LogP contribution >= 0.6 is 15.9 Å². The molecular formula is C18H15BrN4O2. The van der Waals surface area contributed by atoms with Crippen molar-refractivity contribution in [3.05, 3.63) is 70.6 Å². The van der Waals surface area contributed by atoms with Crippen molar-refractivity contribution in [3.8, 4) is 0 Å². The van der Waals surface area contributed by atoms with E-state index in [0.717, 1.165) is 16.5 Å². The number of nitrogens with zero attached hydrogens (tertiary/aromatic N) is 2. The van der Waals surface area contributed by atoms with Crippen molar-refractivity contribution in [2.24, 2.45) is 5.73 Å². The Bertz CT molecular complexity index is 945. The van der Waals surface area contributed by atoms with Crippen LogP contribution in [0.15, 0.2) is 59.5 Å². The molecule has 0 aliphatic rings. The molecule has 0 saturated carbocycles. The van der Waals surface area contributed by atoms with Crippen LogP contribution in [-0.4, -0.2) is 27.8 Å². The van der Waals surface area contributed by atoms with Gasteiger partial charge >= 0.3 is 0 Å². The highest BCUT2D eigenvalue weighted by molar-refractivity contribution is 9.10. The molecule has 0 unspecified atom stereocenters. The molecule has 7 heteroatoms. The van der Waals surface area contributed by atoms with Gasteiger partial charge in [-0.3, -0.25) is 14.6 Å². The zero-order valence-electron chi connectivity index (χ0n) is 13.1. The lowest BCUT2D eigenvalue weighted by atomic mass is 10.1. The minimum Gasteiger partial charge on any atom is -0.368 e. The summed E-state index contributed by atoms with van der Waals surface area (Å²) < 4.78 is 0.614. The Balaban J connectivity index is 1.80. The van der Waals surface area contributed by atoms with Gasteiger partial charge in [0.15, 0.2) is 0 Å². The molecule has 0 bridgehead atoms. The number of rotatable bonds is 5. The van der Waals surface area contributed by atoms with Gasteiger partial charge in [0.1, 0.15) is 10.6 Å².